The van der Waals surface area contributed by atoms with Gasteiger partial charge in [-0.05, 0) is 62.3 Å². The summed E-state index contributed by atoms with van der Waals surface area (Å²) < 4.78 is 2.49. The summed E-state index contributed by atoms with van der Waals surface area (Å²) in [4.78, 5) is 0. The molecule has 1 aromatic carbocycles. The van der Waals surface area contributed by atoms with Gasteiger partial charge in [0.2, 0.25) is 0 Å². The van der Waals surface area contributed by atoms with E-state index in [9.17, 15) is 0 Å². The Morgan fingerprint density at radius 1 is 1.09 bits per heavy atom. The molecule has 0 amide bonds. The average Bonchev–Trinajstić information content (AvgIpc) is 2.84. The maximum absolute atomic E-state index is 3.96. The van der Waals surface area contributed by atoms with Gasteiger partial charge in [-0.1, -0.05) is 38.0 Å². The summed E-state index contributed by atoms with van der Waals surface area (Å²) in [5.41, 5.74) is 7.64. The smallest absolute Gasteiger partial charge is 0.0481 e. The van der Waals surface area contributed by atoms with Crippen molar-refractivity contribution in [3.05, 3.63) is 52.8 Å². The Morgan fingerprint density at radius 3 is 2.61 bits per heavy atom. The molecule has 2 heteroatoms. The maximum Gasteiger partial charge on any atom is 0.0481 e. The Hall–Kier alpha value is -1.54. The van der Waals surface area contributed by atoms with Gasteiger partial charge in [0.05, 0.1) is 0 Å². The van der Waals surface area contributed by atoms with Crippen LogP contribution in [0.4, 0.5) is 0 Å². The standard InChI is InChI=1S/C21H28N2/c1-15-9-7-8-13-21(15)20-17(3)23(18-10-5-4-6-11-18)16(2)19(20)12-14-22-21/h4-6,10-11,15,22H,7-9,12-14H2,1-3H3/t15-,21-/m1/s1. The van der Waals surface area contributed by atoms with E-state index in [2.05, 4.69) is 61.0 Å². The molecule has 4 rings (SSSR count). The van der Waals surface area contributed by atoms with E-state index in [1.165, 1.54) is 42.8 Å². The van der Waals surface area contributed by atoms with Crippen molar-refractivity contribution in [2.24, 2.45) is 5.92 Å². The molecule has 0 bridgehead atoms. The maximum atomic E-state index is 3.96. The lowest BCUT2D eigenvalue weighted by Crippen LogP contribution is -2.53. The zero-order chi connectivity index (χ0) is 16.0. The van der Waals surface area contributed by atoms with Gasteiger partial charge in [-0.25, -0.2) is 0 Å². The summed E-state index contributed by atoms with van der Waals surface area (Å²) in [5.74, 6) is 0.722. The largest absolute Gasteiger partial charge is 0.318 e. The summed E-state index contributed by atoms with van der Waals surface area (Å²) in [6.07, 6.45) is 6.54. The number of fused-ring (bicyclic) bond motifs is 2. The first-order valence-corrected chi connectivity index (χ1v) is 9.17. The molecule has 23 heavy (non-hydrogen) atoms. The highest BCUT2D eigenvalue weighted by Crippen LogP contribution is 2.47. The minimum Gasteiger partial charge on any atom is -0.318 e. The summed E-state index contributed by atoms with van der Waals surface area (Å²) in [6, 6.07) is 10.9. The van der Waals surface area contributed by atoms with Crippen LogP contribution < -0.4 is 5.32 Å². The molecule has 2 atom stereocenters. The molecule has 122 valence electrons. The van der Waals surface area contributed by atoms with Gasteiger partial charge in [0.25, 0.3) is 0 Å². The second-order valence-corrected chi connectivity index (χ2v) is 7.49. The number of rotatable bonds is 1. The number of hydrogen-bond acceptors (Lipinski definition) is 1. The molecule has 1 spiro atoms. The van der Waals surface area contributed by atoms with Gasteiger partial charge in [0.1, 0.15) is 0 Å². The Labute approximate surface area is 139 Å². The van der Waals surface area contributed by atoms with Crippen LogP contribution in [0.3, 0.4) is 0 Å². The number of benzene rings is 1. The minimum atomic E-state index is 0.209. The molecule has 1 aromatic heterocycles. The van der Waals surface area contributed by atoms with Gasteiger partial charge in [0, 0.05) is 29.2 Å². The quantitative estimate of drug-likeness (QED) is 0.811. The van der Waals surface area contributed by atoms with Gasteiger partial charge in [-0.2, -0.15) is 0 Å². The average molecular weight is 308 g/mol. The van der Waals surface area contributed by atoms with Crippen LogP contribution in [0.25, 0.3) is 5.69 Å². The highest BCUT2D eigenvalue weighted by molar-refractivity contribution is 5.51. The second kappa shape index (κ2) is 5.52. The van der Waals surface area contributed by atoms with E-state index >= 15 is 0 Å². The Kier molecular flexibility index (Phi) is 3.60. The normalized spacial score (nSPS) is 27.2. The fraction of sp³-hybridized carbons (Fsp3) is 0.524. The Morgan fingerprint density at radius 2 is 1.87 bits per heavy atom. The third kappa shape index (κ3) is 2.11. The van der Waals surface area contributed by atoms with Crippen LogP contribution in [-0.4, -0.2) is 11.1 Å². The zero-order valence-electron chi connectivity index (χ0n) is 14.7. The van der Waals surface area contributed by atoms with Gasteiger partial charge in [-0.3, -0.25) is 0 Å². The first-order valence-electron chi connectivity index (χ1n) is 9.17. The fourth-order valence-electron chi connectivity index (χ4n) is 5.24. The van der Waals surface area contributed by atoms with Crippen LogP contribution in [0.2, 0.25) is 0 Å². The molecule has 1 aliphatic heterocycles. The highest BCUT2D eigenvalue weighted by atomic mass is 15.1. The number of nitrogens with one attached hydrogen (secondary N) is 1. The van der Waals surface area contributed by atoms with Crippen LogP contribution in [0.1, 0.15) is 55.1 Å². The molecule has 2 heterocycles. The van der Waals surface area contributed by atoms with Crippen molar-refractivity contribution in [3.8, 4) is 5.69 Å². The molecule has 2 aliphatic rings. The number of nitrogens with zero attached hydrogens (tertiary/aromatic N) is 1. The summed E-state index contributed by atoms with van der Waals surface area (Å²) >= 11 is 0. The van der Waals surface area contributed by atoms with Crippen LogP contribution >= 0.6 is 0 Å². The van der Waals surface area contributed by atoms with Crippen LogP contribution in [0, 0.1) is 19.8 Å². The number of aromatic nitrogens is 1. The summed E-state index contributed by atoms with van der Waals surface area (Å²) in [6.45, 7) is 8.21. The minimum absolute atomic E-state index is 0.209. The van der Waals surface area contributed by atoms with Crippen molar-refractivity contribution in [1.82, 2.24) is 9.88 Å². The van der Waals surface area contributed by atoms with Crippen LogP contribution in [0.15, 0.2) is 30.3 Å². The van der Waals surface area contributed by atoms with E-state index in [1.807, 2.05) is 0 Å². The lowest BCUT2D eigenvalue weighted by atomic mass is 9.67. The second-order valence-electron chi connectivity index (χ2n) is 7.49. The van der Waals surface area contributed by atoms with E-state index in [1.54, 1.807) is 11.1 Å². The first kappa shape index (κ1) is 15.0. The zero-order valence-corrected chi connectivity index (χ0v) is 14.7. The predicted molar refractivity (Wildman–Crippen MR) is 96.3 cm³/mol. The molecule has 1 fully saturated rings. The van der Waals surface area contributed by atoms with Gasteiger partial charge in [0.15, 0.2) is 0 Å². The molecule has 0 unspecified atom stereocenters. The van der Waals surface area contributed by atoms with Gasteiger partial charge in [-0.15, -0.1) is 0 Å². The Balaban J connectivity index is 1.94. The first-order chi connectivity index (χ1) is 11.1. The predicted octanol–water partition coefficient (Wildman–Crippen LogP) is 4.65. The lowest BCUT2D eigenvalue weighted by Gasteiger charge is -2.47. The molecule has 2 aromatic rings. The fourth-order valence-corrected chi connectivity index (χ4v) is 5.24. The van der Waals surface area contributed by atoms with Crippen molar-refractivity contribution >= 4 is 0 Å². The Bertz CT molecular complexity index is 713. The van der Waals surface area contributed by atoms with Crippen molar-refractivity contribution in [3.63, 3.8) is 0 Å². The molecular formula is C21H28N2. The molecule has 2 nitrogen and oxygen atoms in total. The van der Waals surface area contributed by atoms with Crippen molar-refractivity contribution in [2.45, 2.75) is 58.4 Å². The number of hydrogen-bond donors (Lipinski definition) is 1. The topological polar surface area (TPSA) is 17.0 Å². The molecule has 1 saturated carbocycles. The third-order valence-electron chi connectivity index (χ3n) is 6.35. The van der Waals surface area contributed by atoms with Crippen LogP contribution in [0.5, 0.6) is 0 Å². The SMILES string of the molecule is Cc1c2c(c(C)n1-c1ccccc1)[C@]1(CCCC[C@H]1C)NCC2. The summed E-state index contributed by atoms with van der Waals surface area (Å²) in [7, 11) is 0. The van der Waals surface area contributed by atoms with E-state index in [-0.39, 0.29) is 5.54 Å². The van der Waals surface area contributed by atoms with Gasteiger partial charge >= 0.3 is 0 Å². The lowest BCUT2D eigenvalue weighted by molar-refractivity contribution is 0.145. The van der Waals surface area contributed by atoms with E-state index in [0.717, 1.165) is 18.9 Å². The van der Waals surface area contributed by atoms with E-state index in [4.69, 9.17) is 0 Å². The molecule has 1 aliphatic carbocycles. The molecule has 1 N–H and O–H groups in total. The summed E-state index contributed by atoms with van der Waals surface area (Å²) in [5, 5.41) is 3.96. The molecular weight excluding hydrogens is 280 g/mol. The number of para-hydroxylation sites is 1. The molecule has 0 saturated heterocycles. The van der Waals surface area contributed by atoms with Crippen LogP contribution in [-0.2, 0) is 12.0 Å². The van der Waals surface area contributed by atoms with E-state index < -0.39 is 0 Å². The van der Waals surface area contributed by atoms with E-state index in [0.29, 0.717) is 0 Å². The van der Waals surface area contributed by atoms with Gasteiger partial charge < -0.3 is 9.88 Å². The third-order valence-corrected chi connectivity index (χ3v) is 6.35. The molecule has 0 radical (unpaired) electrons. The van der Waals surface area contributed by atoms with Crippen molar-refractivity contribution < 1.29 is 0 Å². The monoisotopic (exact) mass is 308 g/mol. The highest BCUT2D eigenvalue weighted by Gasteiger charge is 2.45. The van der Waals surface area contributed by atoms with Crippen molar-refractivity contribution in [1.29, 1.82) is 0 Å². The van der Waals surface area contributed by atoms with Crippen molar-refractivity contribution in [2.75, 3.05) is 6.54 Å².